The molecule has 0 bridgehead atoms. The number of aliphatic hydroxyl groups is 1. The van der Waals surface area contributed by atoms with E-state index in [-0.39, 0.29) is 18.8 Å². The predicted molar refractivity (Wildman–Crippen MR) is 124 cm³/mol. The van der Waals surface area contributed by atoms with Crippen molar-refractivity contribution in [3.8, 4) is 0 Å². The number of nitrogens with zero attached hydrogens (tertiary/aromatic N) is 1. The lowest BCUT2D eigenvalue weighted by Gasteiger charge is -2.16. The van der Waals surface area contributed by atoms with Crippen LogP contribution >= 0.6 is 0 Å². The van der Waals surface area contributed by atoms with E-state index in [1.165, 1.54) is 0 Å². The van der Waals surface area contributed by atoms with Crippen LogP contribution in [-0.2, 0) is 16.7 Å². The van der Waals surface area contributed by atoms with Gasteiger partial charge in [0, 0.05) is 28.7 Å². The highest BCUT2D eigenvalue weighted by molar-refractivity contribution is 7.85. The number of hydrogen-bond donors (Lipinski definition) is 4. The van der Waals surface area contributed by atoms with E-state index in [9.17, 15) is 13.5 Å². The first-order chi connectivity index (χ1) is 14.9. The van der Waals surface area contributed by atoms with Crippen LogP contribution in [0.15, 0.2) is 66.7 Å². The number of pyridine rings is 1. The molecule has 0 radical (unpaired) electrons. The Morgan fingerprint density at radius 2 is 1.48 bits per heavy atom. The number of hydrogen-bond acceptors (Lipinski definition) is 6. The third-order valence-electron chi connectivity index (χ3n) is 4.94. The Hall–Kier alpha value is -3.20. The minimum atomic E-state index is -3.98. The maximum absolute atomic E-state index is 10.9. The first kappa shape index (κ1) is 21.0. The monoisotopic (exact) mass is 437 g/mol. The van der Waals surface area contributed by atoms with Gasteiger partial charge in [0.15, 0.2) is 0 Å². The van der Waals surface area contributed by atoms with Crippen molar-refractivity contribution in [2.24, 2.45) is 0 Å². The summed E-state index contributed by atoms with van der Waals surface area (Å²) in [4.78, 5) is 4.74. The van der Waals surface area contributed by atoms with Gasteiger partial charge in [-0.2, -0.15) is 8.42 Å². The van der Waals surface area contributed by atoms with Crippen LogP contribution in [0.2, 0.25) is 0 Å². The summed E-state index contributed by atoms with van der Waals surface area (Å²) in [6.45, 7) is 0.238. The van der Waals surface area contributed by atoms with Crippen LogP contribution in [0, 0.1) is 0 Å². The fraction of sp³-hybridized carbons (Fsp3) is 0.174. The minimum Gasteiger partial charge on any atom is -0.392 e. The second kappa shape index (κ2) is 8.89. The second-order valence-electron chi connectivity index (χ2n) is 7.29. The fourth-order valence-electron chi connectivity index (χ4n) is 3.56. The lowest BCUT2D eigenvalue weighted by atomic mass is 10.1. The van der Waals surface area contributed by atoms with E-state index in [4.69, 9.17) is 9.54 Å². The van der Waals surface area contributed by atoms with Crippen LogP contribution in [0.4, 0.5) is 17.1 Å². The molecule has 1 heterocycles. The molecular formula is C23H23N3O4S. The van der Waals surface area contributed by atoms with Gasteiger partial charge in [0.2, 0.25) is 0 Å². The average molecular weight is 438 g/mol. The molecule has 0 fully saturated rings. The van der Waals surface area contributed by atoms with Gasteiger partial charge in [-0.25, -0.2) is 4.98 Å². The van der Waals surface area contributed by atoms with Gasteiger partial charge < -0.3 is 15.7 Å². The molecule has 31 heavy (non-hydrogen) atoms. The average Bonchev–Trinajstić information content (AvgIpc) is 2.76. The summed E-state index contributed by atoms with van der Waals surface area (Å²) in [6.07, 6.45) is 0.268. The molecular weight excluding hydrogens is 414 g/mol. The molecule has 4 rings (SSSR count). The Balaban J connectivity index is 1.68. The van der Waals surface area contributed by atoms with Gasteiger partial charge in [-0.05, 0) is 42.3 Å². The van der Waals surface area contributed by atoms with Crippen molar-refractivity contribution in [1.29, 1.82) is 0 Å². The number of aliphatic hydroxyl groups excluding tert-OH is 1. The normalized spacial score (nSPS) is 11.7. The lowest BCUT2D eigenvalue weighted by Crippen LogP contribution is -2.10. The van der Waals surface area contributed by atoms with Crippen molar-refractivity contribution in [3.05, 3.63) is 72.3 Å². The zero-order valence-electron chi connectivity index (χ0n) is 16.7. The number of fused-ring (bicyclic) bond motifs is 2. The molecule has 0 aliphatic rings. The maximum atomic E-state index is 10.9. The highest BCUT2D eigenvalue weighted by Crippen LogP contribution is 2.34. The number of rotatable bonds is 8. The van der Waals surface area contributed by atoms with Crippen molar-refractivity contribution >= 4 is 49.0 Å². The molecule has 1 aromatic heterocycles. The van der Waals surface area contributed by atoms with Gasteiger partial charge in [0.25, 0.3) is 10.1 Å². The topological polar surface area (TPSA) is 112 Å². The molecule has 0 spiro atoms. The maximum Gasteiger partial charge on any atom is 0.264 e. The number of anilines is 3. The Bertz CT molecular complexity index is 1290. The van der Waals surface area contributed by atoms with E-state index in [1.54, 1.807) is 6.07 Å². The molecule has 8 heteroatoms. The van der Waals surface area contributed by atoms with Crippen molar-refractivity contribution in [1.82, 2.24) is 4.98 Å². The van der Waals surface area contributed by atoms with Crippen LogP contribution in [0.25, 0.3) is 21.8 Å². The largest absolute Gasteiger partial charge is 0.392 e. The van der Waals surface area contributed by atoms with Gasteiger partial charge in [0.1, 0.15) is 0 Å². The predicted octanol–water partition coefficient (Wildman–Crippen LogP) is 4.31. The standard InChI is InChI=1S/C23H23N3O4S/c27-15-16-12-17(24-10-5-11-31(28,29)30)14-18(13-16)25-23-19-6-1-3-8-21(19)26-22-9-4-2-7-20(22)23/h1-4,6-9,12-14,24,27H,5,10-11,15H2,(H,25,26)(H,28,29,30). The van der Waals surface area contributed by atoms with Gasteiger partial charge in [-0.3, -0.25) is 4.55 Å². The summed E-state index contributed by atoms with van der Waals surface area (Å²) in [5.41, 5.74) is 4.92. The Labute approximate surface area is 180 Å². The van der Waals surface area contributed by atoms with Crippen molar-refractivity contribution in [2.45, 2.75) is 13.0 Å². The third kappa shape index (κ3) is 5.11. The second-order valence-corrected chi connectivity index (χ2v) is 8.86. The molecule has 160 valence electrons. The zero-order chi connectivity index (χ0) is 21.8. The molecule has 3 aromatic carbocycles. The fourth-order valence-corrected chi connectivity index (χ4v) is 4.07. The summed E-state index contributed by atoms with van der Waals surface area (Å²) in [7, 11) is -3.98. The number of aromatic nitrogens is 1. The molecule has 4 N–H and O–H groups in total. The van der Waals surface area contributed by atoms with Crippen LogP contribution in [-0.4, -0.2) is 35.4 Å². The summed E-state index contributed by atoms with van der Waals surface area (Å²) in [6, 6.07) is 21.4. The van der Waals surface area contributed by atoms with Crippen LogP contribution in [0.1, 0.15) is 12.0 Å². The molecule has 0 saturated heterocycles. The summed E-state index contributed by atoms with van der Waals surface area (Å²) in [5.74, 6) is -0.306. The molecule has 4 aromatic rings. The van der Waals surface area contributed by atoms with E-state index in [0.717, 1.165) is 38.9 Å². The molecule has 0 saturated carbocycles. The van der Waals surface area contributed by atoms with E-state index in [2.05, 4.69) is 10.6 Å². The van der Waals surface area contributed by atoms with Crippen LogP contribution in [0.5, 0.6) is 0 Å². The van der Waals surface area contributed by atoms with Gasteiger partial charge >= 0.3 is 0 Å². The van der Waals surface area contributed by atoms with E-state index >= 15 is 0 Å². The van der Waals surface area contributed by atoms with Crippen LogP contribution in [0.3, 0.4) is 0 Å². The SMILES string of the molecule is O=S(=O)(O)CCCNc1cc(CO)cc(Nc2c3ccccc3nc3ccccc23)c1. The van der Waals surface area contributed by atoms with Crippen molar-refractivity contribution in [3.63, 3.8) is 0 Å². The van der Waals surface area contributed by atoms with Gasteiger partial charge in [-0.15, -0.1) is 0 Å². The van der Waals surface area contributed by atoms with E-state index in [1.807, 2.05) is 60.7 Å². The molecule has 0 unspecified atom stereocenters. The molecule has 0 amide bonds. The Morgan fingerprint density at radius 1 is 0.871 bits per heavy atom. The highest BCUT2D eigenvalue weighted by atomic mass is 32.2. The molecule has 0 aliphatic heterocycles. The molecule has 0 aliphatic carbocycles. The van der Waals surface area contributed by atoms with Gasteiger partial charge in [-0.1, -0.05) is 36.4 Å². The number of benzene rings is 3. The first-order valence-electron chi connectivity index (χ1n) is 9.91. The number of nitrogens with one attached hydrogen (secondary N) is 2. The summed E-state index contributed by atoms with van der Waals surface area (Å²) < 4.78 is 30.7. The lowest BCUT2D eigenvalue weighted by molar-refractivity contribution is 0.282. The molecule has 0 atom stereocenters. The van der Waals surface area contributed by atoms with Crippen molar-refractivity contribution < 1.29 is 18.1 Å². The van der Waals surface area contributed by atoms with Crippen molar-refractivity contribution in [2.75, 3.05) is 22.9 Å². The molecule has 7 nitrogen and oxygen atoms in total. The summed E-state index contributed by atoms with van der Waals surface area (Å²) >= 11 is 0. The van der Waals surface area contributed by atoms with Gasteiger partial charge in [0.05, 0.1) is 29.1 Å². The van der Waals surface area contributed by atoms with Crippen LogP contribution < -0.4 is 10.6 Å². The minimum absolute atomic E-state index is 0.132. The zero-order valence-corrected chi connectivity index (χ0v) is 17.6. The summed E-state index contributed by atoms with van der Waals surface area (Å²) in [5, 5.41) is 18.3. The Kier molecular flexibility index (Phi) is 6.03. The Morgan fingerprint density at radius 3 is 2.10 bits per heavy atom. The van der Waals surface area contributed by atoms with E-state index in [0.29, 0.717) is 12.1 Å². The highest BCUT2D eigenvalue weighted by Gasteiger charge is 2.10. The third-order valence-corrected chi connectivity index (χ3v) is 5.75. The smallest absolute Gasteiger partial charge is 0.264 e. The van der Waals surface area contributed by atoms with E-state index < -0.39 is 10.1 Å². The quantitative estimate of drug-likeness (QED) is 0.185. The first-order valence-corrected chi connectivity index (χ1v) is 11.5. The number of para-hydroxylation sites is 2.